The average molecular weight is 292 g/mol. The van der Waals surface area contributed by atoms with Crippen LogP contribution in [0.2, 0.25) is 0 Å². The highest BCUT2D eigenvalue weighted by molar-refractivity contribution is 5.76. The van der Waals surface area contributed by atoms with Crippen LogP contribution in [0.25, 0.3) is 0 Å². The molecule has 0 aliphatic carbocycles. The summed E-state index contributed by atoms with van der Waals surface area (Å²) in [6.07, 6.45) is 3.89. The number of anilines is 1. The topological polar surface area (TPSA) is 64.8 Å². The maximum atomic E-state index is 12.0. The van der Waals surface area contributed by atoms with E-state index >= 15 is 0 Å². The minimum atomic E-state index is 0.0769. The van der Waals surface area contributed by atoms with Crippen LogP contribution in [0.15, 0.2) is 24.3 Å². The van der Waals surface area contributed by atoms with E-state index < -0.39 is 0 Å². The highest BCUT2D eigenvalue weighted by atomic mass is 16.5. The highest BCUT2D eigenvalue weighted by Gasteiger charge is 2.18. The summed E-state index contributed by atoms with van der Waals surface area (Å²) < 4.78 is 11.2. The van der Waals surface area contributed by atoms with Gasteiger partial charge in [-0.2, -0.15) is 0 Å². The van der Waals surface area contributed by atoms with Gasteiger partial charge in [0.25, 0.3) is 0 Å². The second kappa shape index (κ2) is 7.88. The lowest BCUT2D eigenvalue weighted by Crippen LogP contribution is -2.37. The van der Waals surface area contributed by atoms with Crippen molar-refractivity contribution < 1.29 is 14.3 Å². The molecule has 116 valence electrons. The molecule has 21 heavy (non-hydrogen) atoms. The average Bonchev–Trinajstić information content (AvgIpc) is 2.48. The zero-order valence-electron chi connectivity index (χ0n) is 12.6. The van der Waals surface area contributed by atoms with Gasteiger partial charge in [-0.15, -0.1) is 0 Å². The fourth-order valence-electron chi connectivity index (χ4n) is 2.41. The van der Waals surface area contributed by atoms with Crippen LogP contribution >= 0.6 is 0 Å². The van der Waals surface area contributed by atoms with Crippen molar-refractivity contribution in [3.63, 3.8) is 0 Å². The van der Waals surface area contributed by atoms with Crippen LogP contribution < -0.4 is 10.5 Å². The first kappa shape index (κ1) is 15.6. The van der Waals surface area contributed by atoms with Gasteiger partial charge >= 0.3 is 0 Å². The van der Waals surface area contributed by atoms with E-state index in [9.17, 15) is 4.79 Å². The quantitative estimate of drug-likeness (QED) is 0.815. The summed E-state index contributed by atoms with van der Waals surface area (Å²) >= 11 is 0. The summed E-state index contributed by atoms with van der Waals surface area (Å²) in [7, 11) is 1.82. The first-order chi connectivity index (χ1) is 10.1. The monoisotopic (exact) mass is 292 g/mol. The second-order valence-corrected chi connectivity index (χ2v) is 5.43. The summed E-state index contributed by atoms with van der Waals surface area (Å²) in [6.45, 7) is 1.83. The van der Waals surface area contributed by atoms with Crippen molar-refractivity contribution in [1.82, 2.24) is 4.90 Å². The van der Waals surface area contributed by atoms with Gasteiger partial charge in [0.05, 0.1) is 19.1 Å². The number of nitrogen functional groups attached to an aromatic ring is 1. The Balaban J connectivity index is 1.68. The Morgan fingerprint density at radius 3 is 3.05 bits per heavy atom. The molecule has 1 atom stereocenters. The van der Waals surface area contributed by atoms with Crippen LogP contribution in [0.1, 0.15) is 25.7 Å². The number of carbonyl (C=O) groups excluding carboxylic acids is 1. The highest BCUT2D eigenvalue weighted by Crippen LogP contribution is 2.15. The maximum Gasteiger partial charge on any atom is 0.225 e. The molecule has 2 N–H and O–H groups in total. The van der Waals surface area contributed by atoms with Gasteiger partial charge in [0, 0.05) is 32.0 Å². The van der Waals surface area contributed by atoms with Crippen molar-refractivity contribution in [2.24, 2.45) is 0 Å². The summed E-state index contributed by atoms with van der Waals surface area (Å²) in [6, 6.07) is 7.22. The smallest absolute Gasteiger partial charge is 0.225 e. The van der Waals surface area contributed by atoms with E-state index in [1.54, 1.807) is 17.0 Å². The van der Waals surface area contributed by atoms with E-state index in [1.807, 2.05) is 19.2 Å². The molecule has 1 amide bonds. The van der Waals surface area contributed by atoms with Gasteiger partial charge in [0.15, 0.2) is 0 Å². The van der Waals surface area contributed by atoms with E-state index in [2.05, 4.69) is 0 Å². The lowest BCUT2D eigenvalue weighted by molar-refractivity contribution is -0.132. The Morgan fingerprint density at radius 2 is 2.33 bits per heavy atom. The minimum Gasteiger partial charge on any atom is -0.493 e. The molecule has 1 saturated heterocycles. The number of hydrogen-bond acceptors (Lipinski definition) is 4. The van der Waals surface area contributed by atoms with E-state index in [-0.39, 0.29) is 12.0 Å². The zero-order chi connectivity index (χ0) is 15.1. The Hall–Kier alpha value is -1.75. The Morgan fingerprint density at radius 1 is 1.48 bits per heavy atom. The largest absolute Gasteiger partial charge is 0.493 e. The molecule has 0 saturated carbocycles. The number of benzene rings is 1. The SMILES string of the molecule is CN(CC1CCCCO1)C(=O)CCOc1cccc(N)c1. The van der Waals surface area contributed by atoms with Gasteiger partial charge < -0.3 is 20.1 Å². The first-order valence-corrected chi connectivity index (χ1v) is 7.49. The van der Waals surface area contributed by atoms with Gasteiger partial charge in [-0.1, -0.05) is 6.07 Å². The predicted molar refractivity (Wildman–Crippen MR) is 82.2 cm³/mol. The number of carbonyl (C=O) groups is 1. The van der Waals surface area contributed by atoms with Crippen LogP contribution in [-0.4, -0.2) is 43.7 Å². The molecule has 0 radical (unpaired) electrons. The van der Waals surface area contributed by atoms with E-state index in [0.717, 1.165) is 19.4 Å². The molecule has 1 fully saturated rings. The summed E-state index contributed by atoms with van der Waals surface area (Å²) in [5, 5.41) is 0. The molecule has 0 bridgehead atoms. The lowest BCUT2D eigenvalue weighted by atomic mass is 10.1. The Bertz CT molecular complexity index is 459. The summed E-state index contributed by atoms with van der Waals surface area (Å²) in [5.74, 6) is 0.772. The number of rotatable bonds is 6. The number of ether oxygens (including phenoxy) is 2. The van der Waals surface area contributed by atoms with E-state index in [4.69, 9.17) is 15.2 Å². The number of hydrogen-bond donors (Lipinski definition) is 1. The zero-order valence-corrected chi connectivity index (χ0v) is 12.6. The molecule has 1 aliphatic rings. The van der Waals surface area contributed by atoms with Gasteiger partial charge in [-0.05, 0) is 31.4 Å². The molecule has 5 nitrogen and oxygen atoms in total. The first-order valence-electron chi connectivity index (χ1n) is 7.49. The minimum absolute atomic E-state index is 0.0769. The summed E-state index contributed by atoms with van der Waals surface area (Å²) in [5.41, 5.74) is 6.33. The molecule has 1 unspecified atom stereocenters. The molecule has 1 aromatic carbocycles. The number of amides is 1. The standard InChI is InChI=1S/C16H24N2O3/c1-18(12-15-6-2-3-9-20-15)16(19)8-10-21-14-7-4-5-13(17)11-14/h4-5,7,11,15H,2-3,6,8-10,12,17H2,1H3. The Kier molecular flexibility index (Phi) is 5.87. The van der Waals surface area contributed by atoms with E-state index in [1.165, 1.54) is 6.42 Å². The normalized spacial score (nSPS) is 18.2. The lowest BCUT2D eigenvalue weighted by Gasteiger charge is -2.27. The molecule has 2 rings (SSSR count). The number of nitrogens with two attached hydrogens (primary N) is 1. The van der Waals surface area contributed by atoms with Crippen molar-refractivity contribution in [3.8, 4) is 5.75 Å². The third kappa shape index (κ3) is 5.27. The fourth-order valence-corrected chi connectivity index (χ4v) is 2.41. The molecule has 0 aromatic heterocycles. The van der Waals surface area contributed by atoms with E-state index in [0.29, 0.717) is 31.0 Å². The molecule has 1 heterocycles. The van der Waals surface area contributed by atoms with Crippen LogP contribution in [0.4, 0.5) is 5.69 Å². The summed E-state index contributed by atoms with van der Waals surface area (Å²) in [4.78, 5) is 13.8. The van der Waals surface area contributed by atoms with Crippen molar-refractivity contribution in [2.75, 3.05) is 32.5 Å². The number of nitrogens with zero attached hydrogens (tertiary/aromatic N) is 1. The molecule has 0 spiro atoms. The third-order valence-corrected chi connectivity index (χ3v) is 3.62. The van der Waals surface area contributed by atoms with Gasteiger partial charge in [-0.25, -0.2) is 0 Å². The van der Waals surface area contributed by atoms with Crippen LogP contribution in [-0.2, 0) is 9.53 Å². The van der Waals surface area contributed by atoms with Gasteiger partial charge in [0.2, 0.25) is 5.91 Å². The number of likely N-dealkylation sites (N-methyl/N-ethyl adjacent to an activating group) is 1. The van der Waals surface area contributed by atoms with Crippen molar-refractivity contribution in [2.45, 2.75) is 31.8 Å². The van der Waals surface area contributed by atoms with Crippen LogP contribution in [0.3, 0.4) is 0 Å². The fraction of sp³-hybridized carbons (Fsp3) is 0.562. The predicted octanol–water partition coefficient (Wildman–Crippen LogP) is 2.07. The molecular formula is C16H24N2O3. The van der Waals surface area contributed by atoms with Gasteiger partial charge in [-0.3, -0.25) is 4.79 Å². The van der Waals surface area contributed by atoms with Crippen LogP contribution in [0, 0.1) is 0 Å². The molecule has 1 aromatic rings. The molecule has 5 heteroatoms. The molecular weight excluding hydrogens is 268 g/mol. The van der Waals surface area contributed by atoms with Crippen molar-refractivity contribution in [1.29, 1.82) is 0 Å². The Labute approximate surface area is 126 Å². The second-order valence-electron chi connectivity index (χ2n) is 5.43. The maximum absolute atomic E-state index is 12.0. The van der Waals surface area contributed by atoms with Crippen LogP contribution in [0.5, 0.6) is 5.75 Å². The third-order valence-electron chi connectivity index (χ3n) is 3.62. The van der Waals surface area contributed by atoms with Crippen molar-refractivity contribution >= 4 is 11.6 Å². The van der Waals surface area contributed by atoms with Gasteiger partial charge in [0.1, 0.15) is 5.75 Å². The van der Waals surface area contributed by atoms with Crippen molar-refractivity contribution in [3.05, 3.63) is 24.3 Å². The molecule has 1 aliphatic heterocycles.